The molecule has 10 nitrogen and oxygen atoms in total. The Bertz CT molecular complexity index is 440. The first-order valence-corrected chi connectivity index (χ1v) is 6.22. The molecule has 0 aromatic heterocycles. The van der Waals surface area contributed by atoms with Gasteiger partial charge in [-0.2, -0.15) is 0 Å². The predicted molar refractivity (Wildman–Crippen MR) is 67.2 cm³/mol. The van der Waals surface area contributed by atoms with E-state index < -0.39 is 54.9 Å². The molecule has 0 aromatic carbocycles. The van der Waals surface area contributed by atoms with Crippen LogP contribution < -0.4 is 16.0 Å². The second-order valence-corrected chi connectivity index (χ2v) is 4.62. The summed E-state index contributed by atoms with van der Waals surface area (Å²) in [4.78, 5) is 44.3. The van der Waals surface area contributed by atoms with Gasteiger partial charge >= 0.3 is 11.9 Å². The third-order valence-corrected chi connectivity index (χ3v) is 2.86. The number of carbonyl (C=O) groups is 4. The number of rotatable bonds is 7. The van der Waals surface area contributed by atoms with Gasteiger partial charge in [-0.25, -0.2) is 4.79 Å². The molecule has 1 aliphatic rings. The van der Waals surface area contributed by atoms with Gasteiger partial charge in [0.25, 0.3) is 0 Å². The minimum Gasteiger partial charge on any atom is -0.481 e. The van der Waals surface area contributed by atoms with Gasteiger partial charge < -0.3 is 31.3 Å². The SMILES string of the molecule is O=C(O)C[C@H](NC(=O)CNC(=O)[C@@H]1C[C@@H](O)CN1)C(=O)O. The lowest BCUT2D eigenvalue weighted by atomic mass is 10.2. The molecule has 0 bridgehead atoms. The van der Waals surface area contributed by atoms with Gasteiger partial charge in [-0.05, 0) is 6.42 Å². The van der Waals surface area contributed by atoms with Crippen LogP contribution in [0.25, 0.3) is 0 Å². The highest BCUT2D eigenvalue weighted by Gasteiger charge is 2.28. The largest absolute Gasteiger partial charge is 0.481 e. The second kappa shape index (κ2) is 7.55. The lowest BCUT2D eigenvalue weighted by Crippen LogP contribution is -2.48. The third-order valence-electron chi connectivity index (χ3n) is 2.86. The van der Waals surface area contributed by atoms with Crippen molar-refractivity contribution in [2.45, 2.75) is 31.0 Å². The number of carbonyl (C=O) groups excluding carboxylic acids is 2. The van der Waals surface area contributed by atoms with E-state index in [1.165, 1.54) is 0 Å². The molecule has 1 heterocycles. The fourth-order valence-corrected chi connectivity index (χ4v) is 1.83. The summed E-state index contributed by atoms with van der Waals surface area (Å²) in [5.74, 6) is -4.14. The number of aliphatic carboxylic acids is 2. The number of nitrogens with one attached hydrogen (secondary N) is 3. The predicted octanol–water partition coefficient (Wildman–Crippen LogP) is -3.13. The van der Waals surface area contributed by atoms with Crippen molar-refractivity contribution in [2.75, 3.05) is 13.1 Å². The number of aliphatic hydroxyl groups excluding tert-OH is 1. The molecule has 1 aliphatic heterocycles. The molecule has 0 saturated carbocycles. The standard InChI is InChI=1S/C11H17N3O7/c15-5-1-6(12-3-5)10(19)13-4-8(16)14-7(11(20)21)2-9(17)18/h5-7,12,15H,1-4H2,(H,13,19)(H,14,16)(H,17,18)(H,20,21)/t5-,6+,7+/m1/s1. The number of hydrogen-bond acceptors (Lipinski definition) is 6. The van der Waals surface area contributed by atoms with Gasteiger partial charge in [0, 0.05) is 6.54 Å². The van der Waals surface area contributed by atoms with Crippen molar-refractivity contribution in [2.24, 2.45) is 0 Å². The van der Waals surface area contributed by atoms with Crippen LogP contribution in [0, 0.1) is 0 Å². The smallest absolute Gasteiger partial charge is 0.326 e. The van der Waals surface area contributed by atoms with Crippen LogP contribution in [0.3, 0.4) is 0 Å². The van der Waals surface area contributed by atoms with E-state index in [9.17, 15) is 24.3 Å². The normalized spacial score (nSPS) is 22.3. The van der Waals surface area contributed by atoms with Crippen molar-refractivity contribution >= 4 is 23.8 Å². The molecule has 118 valence electrons. The lowest BCUT2D eigenvalue weighted by Gasteiger charge is -2.14. The number of carboxylic acid groups (broad SMARTS) is 2. The van der Waals surface area contributed by atoms with Crippen LogP contribution in [0.5, 0.6) is 0 Å². The highest BCUT2D eigenvalue weighted by atomic mass is 16.4. The van der Waals surface area contributed by atoms with Gasteiger partial charge in [0.2, 0.25) is 11.8 Å². The molecule has 0 aliphatic carbocycles. The Kier molecular flexibility index (Phi) is 6.06. The van der Waals surface area contributed by atoms with Crippen LogP contribution in [0.1, 0.15) is 12.8 Å². The Morgan fingerprint density at radius 2 is 1.90 bits per heavy atom. The van der Waals surface area contributed by atoms with E-state index in [4.69, 9.17) is 10.2 Å². The molecule has 0 unspecified atom stereocenters. The van der Waals surface area contributed by atoms with E-state index in [0.29, 0.717) is 0 Å². The van der Waals surface area contributed by atoms with Crippen LogP contribution >= 0.6 is 0 Å². The summed E-state index contributed by atoms with van der Waals surface area (Å²) in [5.41, 5.74) is 0. The van der Waals surface area contributed by atoms with Crippen molar-refractivity contribution < 1.29 is 34.5 Å². The first-order chi connectivity index (χ1) is 9.79. The molecular weight excluding hydrogens is 286 g/mol. The monoisotopic (exact) mass is 303 g/mol. The number of hydrogen-bond donors (Lipinski definition) is 6. The Morgan fingerprint density at radius 1 is 1.24 bits per heavy atom. The van der Waals surface area contributed by atoms with Gasteiger partial charge in [-0.15, -0.1) is 0 Å². The van der Waals surface area contributed by atoms with Gasteiger partial charge in [-0.3, -0.25) is 14.4 Å². The van der Waals surface area contributed by atoms with Gasteiger partial charge in [0.15, 0.2) is 0 Å². The maximum absolute atomic E-state index is 11.6. The highest BCUT2D eigenvalue weighted by molar-refractivity contribution is 5.90. The van der Waals surface area contributed by atoms with Gasteiger partial charge in [0.05, 0.1) is 25.1 Å². The average Bonchev–Trinajstić information content (AvgIpc) is 2.81. The Balaban J connectivity index is 2.37. The van der Waals surface area contributed by atoms with Crippen molar-refractivity contribution in [3.63, 3.8) is 0 Å². The zero-order valence-corrected chi connectivity index (χ0v) is 11.0. The van der Waals surface area contributed by atoms with Crippen molar-refractivity contribution in [1.82, 2.24) is 16.0 Å². The van der Waals surface area contributed by atoms with Gasteiger partial charge in [-0.1, -0.05) is 0 Å². The zero-order valence-electron chi connectivity index (χ0n) is 11.0. The number of carboxylic acids is 2. The molecular formula is C11H17N3O7. The fourth-order valence-electron chi connectivity index (χ4n) is 1.83. The summed E-state index contributed by atoms with van der Waals surface area (Å²) in [6, 6.07) is -2.17. The molecule has 1 saturated heterocycles. The van der Waals surface area contributed by atoms with E-state index in [1.807, 2.05) is 5.32 Å². The molecule has 0 spiro atoms. The molecule has 6 N–H and O–H groups in total. The lowest BCUT2D eigenvalue weighted by molar-refractivity contribution is -0.147. The molecule has 21 heavy (non-hydrogen) atoms. The number of β-amino-alcohol motifs (C(OH)–C–C–N with tert-alkyl or cyclic N) is 1. The molecule has 2 amide bonds. The van der Waals surface area contributed by atoms with Crippen LogP contribution in [0.15, 0.2) is 0 Å². The quantitative estimate of drug-likeness (QED) is 0.287. The van der Waals surface area contributed by atoms with Crippen LogP contribution in [-0.4, -0.2) is 70.3 Å². The van der Waals surface area contributed by atoms with Crippen molar-refractivity contribution in [3.05, 3.63) is 0 Å². The second-order valence-electron chi connectivity index (χ2n) is 4.62. The maximum atomic E-state index is 11.6. The fraction of sp³-hybridized carbons (Fsp3) is 0.636. The molecule has 1 fully saturated rings. The Hall–Kier alpha value is -2.20. The maximum Gasteiger partial charge on any atom is 0.326 e. The topological polar surface area (TPSA) is 165 Å². The molecule has 0 radical (unpaired) electrons. The van der Waals surface area contributed by atoms with E-state index in [0.717, 1.165) is 0 Å². The summed E-state index contributed by atoms with van der Waals surface area (Å²) in [5, 5.41) is 33.5. The summed E-state index contributed by atoms with van der Waals surface area (Å²) >= 11 is 0. The average molecular weight is 303 g/mol. The first-order valence-electron chi connectivity index (χ1n) is 6.22. The number of amides is 2. The summed E-state index contributed by atoms with van der Waals surface area (Å²) in [6.45, 7) is -0.194. The minimum absolute atomic E-state index is 0.226. The van der Waals surface area contributed by atoms with Crippen molar-refractivity contribution in [1.29, 1.82) is 0 Å². The molecule has 10 heteroatoms. The Morgan fingerprint density at radius 3 is 2.38 bits per heavy atom. The first kappa shape index (κ1) is 16.9. The summed E-state index contributed by atoms with van der Waals surface area (Å²) < 4.78 is 0. The number of aliphatic hydroxyl groups is 1. The Labute approximate surface area is 119 Å². The minimum atomic E-state index is -1.56. The molecule has 0 aromatic rings. The van der Waals surface area contributed by atoms with Crippen LogP contribution in [0.2, 0.25) is 0 Å². The van der Waals surface area contributed by atoms with E-state index in [-0.39, 0.29) is 13.0 Å². The summed E-state index contributed by atoms with van der Waals surface area (Å²) in [6.07, 6.45) is -1.16. The third kappa shape index (κ3) is 5.75. The van der Waals surface area contributed by atoms with Crippen LogP contribution in [-0.2, 0) is 19.2 Å². The van der Waals surface area contributed by atoms with Crippen LogP contribution in [0.4, 0.5) is 0 Å². The van der Waals surface area contributed by atoms with E-state index in [2.05, 4.69) is 10.6 Å². The van der Waals surface area contributed by atoms with E-state index >= 15 is 0 Å². The highest BCUT2D eigenvalue weighted by Crippen LogP contribution is 2.05. The molecule has 3 atom stereocenters. The van der Waals surface area contributed by atoms with E-state index in [1.54, 1.807) is 0 Å². The van der Waals surface area contributed by atoms with Gasteiger partial charge in [0.1, 0.15) is 6.04 Å². The molecule has 1 rings (SSSR count). The zero-order chi connectivity index (χ0) is 16.0. The van der Waals surface area contributed by atoms with Crippen molar-refractivity contribution in [3.8, 4) is 0 Å². The summed E-state index contributed by atoms with van der Waals surface area (Å²) in [7, 11) is 0.